The lowest BCUT2D eigenvalue weighted by Crippen LogP contribution is -2.45. The first-order chi connectivity index (χ1) is 13.2. The second kappa shape index (κ2) is 11.0. The molecule has 1 aliphatic rings. The van der Waals surface area contributed by atoms with E-state index in [1.165, 1.54) is 22.3 Å². The van der Waals surface area contributed by atoms with Crippen molar-refractivity contribution >= 4 is 35.8 Å². The van der Waals surface area contributed by atoms with Gasteiger partial charge in [-0.05, 0) is 42.5 Å². The van der Waals surface area contributed by atoms with E-state index in [9.17, 15) is 4.79 Å². The Balaban J connectivity index is 0.00000280. The Morgan fingerprint density at radius 2 is 1.79 bits per heavy atom. The van der Waals surface area contributed by atoms with Crippen molar-refractivity contribution in [2.24, 2.45) is 4.99 Å². The number of nitrogens with zero attached hydrogens (tertiary/aromatic N) is 2. The number of carbonyl (C=O) groups is 1. The van der Waals surface area contributed by atoms with Crippen LogP contribution < -0.4 is 10.6 Å². The number of amides is 1. The zero-order valence-corrected chi connectivity index (χ0v) is 18.9. The average Bonchev–Trinajstić information content (AvgIpc) is 2.70. The summed E-state index contributed by atoms with van der Waals surface area (Å²) in [6, 6.07) is 16.6. The van der Waals surface area contributed by atoms with Gasteiger partial charge in [-0.3, -0.25) is 4.79 Å². The fraction of sp³-hybridized carbons (Fsp3) is 0.364. The number of carbonyl (C=O) groups excluding carboxylic acids is 1. The topological polar surface area (TPSA) is 56.7 Å². The van der Waals surface area contributed by atoms with E-state index in [0.29, 0.717) is 19.0 Å². The predicted molar refractivity (Wildman–Crippen MR) is 125 cm³/mol. The number of hydrogen-bond donors (Lipinski definition) is 2. The number of hydrogen-bond acceptors (Lipinski definition) is 2. The Kier molecular flexibility index (Phi) is 8.76. The summed E-state index contributed by atoms with van der Waals surface area (Å²) in [6.45, 7) is 7.17. The standard InChI is InChI=1S/C22H28N4O.HI/c1-3-23-22(24-14-19-10-5-4-8-17(19)2)25-15-21(27)26-13-12-18-9-6-7-11-20(18)16-26;/h4-11H,3,12-16H2,1-2H3,(H2,23,24,25);1H. The first-order valence-electron chi connectivity index (χ1n) is 9.58. The lowest BCUT2D eigenvalue weighted by atomic mass is 10.00. The van der Waals surface area contributed by atoms with Crippen LogP contribution in [0.4, 0.5) is 0 Å². The van der Waals surface area contributed by atoms with Crippen LogP contribution in [0.15, 0.2) is 53.5 Å². The van der Waals surface area contributed by atoms with E-state index in [0.717, 1.165) is 19.5 Å². The van der Waals surface area contributed by atoms with Crippen LogP contribution in [0, 0.1) is 6.92 Å². The molecule has 6 heteroatoms. The number of aryl methyl sites for hydroxylation is 1. The predicted octanol–water partition coefficient (Wildman–Crippen LogP) is 3.25. The average molecular weight is 492 g/mol. The Hall–Kier alpha value is -2.09. The summed E-state index contributed by atoms with van der Waals surface area (Å²) in [5.74, 6) is 0.775. The van der Waals surface area contributed by atoms with Crippen LogP contribution in [0.1, 0.15) is 29.2 Å². The molecule has 1 aliphatic heterocycles. The van der Waals surface area contributed by atoms with E-state index in [2.05, 4.69) is 52.9 Å². The summed E-state index contributed by atoms with van der Waals surface area (Å²) >= 11 is 0. The molecule has 2 aromatic rings. The van der Waals surface area contributed by atoms with Gasteiger partial charge in [0.25, 0.3) is 0 Å². The van der Waals surface area contributed by atoms with Crippen molar-refractivity contribution in [2.75, 3.05) is 19.6 Å². The maximum Gasteiger partial charge on any atom is 0.242 e. The molecule has 1 amide bonds. The van der Waals surface area contributed by atoms with Crippen molar-refractivity contribution in [1.29, 1.82) is 0 Å². The smallest absolute Gasteiger partial charge is 0.242 e. The minimum Gasteiger partial charge on any atom is -0.357 e. The van der Waals surface area contributed by atoms with Gasteiger partial charge in [-0.1, -0.05) is 48.5 Å². The molecule has 0 radical (unpaired) electrons. The van der Waals surface area contributed by atoms with Gasteiger partial charge in [0.2, 0.25) is 5.91 Å². The highest BCUT2D eigenvalue weighted by atomic mass is 127. The Bertz CT molecular complexity index is 822. The van der Waals surface area contributed by atoms with Gasteiger partial charge in [-0.2, -0.15) is 0 Å². The highest BCUT2D eigenvalue weighted by Gasteiger charge is 2.20. The maximum atomic E-state index is 12.6. The third-order valence-corrected chi connectivity index (χ3v) is 4.90. The van der Waals surface area contributed by atoms with Gasteiger partial charge >= 0.3 is 0 Å². The molecule has 0 spiro atoms. The molecule has 2 aromatic carbocycles. The number of halogens is 1. The molecule has 0 fully saturated rings. The summed E-state index contributed by atoms with van der Waals surface area (Å²) in [5, 5.41) is 6.39. The van der Waals surface area contributed by atoms with Gasteiger partial charge in [0.1, 0.15) is 0 Å². The van der Waals surface area contributed by atoms with Crippen LogP contribution in [0.25, 0.3) is 0 Å². The summed E-state index contributed by atoms with van der Waals surface area (Å²) < 4.78 is 0. The molecule has 0 aromatic heterocycles. The van der Waals surface area contributed by atoms with E-state index >= 15 is 0 Å². The molecule has 0 bridgehead atoms. The molecule has 5 nitrogen and oxygen atoms in total. The van der Waals surface area contributed by atoms with Crippen LogP contribution in [-0.2, 0) is 24.3 Å². The molecule has 0 aliphatic carbocycles. The van der Waals surface area contributed by atoms with Gasteiger partial charge in [0.05, 0.1) is 13.1 Å². The van der Waals surface area contributed by atoms with Crippen molar-refractivity contribution in [3.8, 4) is 0 Å². The van der Waals surface area contributed by atoms with E-state index < -0.39 is 0 Å². The zero-order valence-electron chi connectivity index (χ0n) is 16.6. The van der Waals surface area contributed by atoms with Crippen molar-refractivity contribution in [1.82, 2.24) is 15.5 Å². The van der Waals surface area contributed by atoms with Crippen molar-refractivity contribution in [3.05, 3.63) is 70.8 Å². The fourth-order valence-corrected chi connectivity index (χ4v) is 3.27. The first-order valence-corrected chi connectivity index (χ1v) is 9.58. The zero-order chi connectivity index (χ0) is 19.1. The molecule has 150 valence electrons. The van der Waals surface area contributed by atoms with Gasteiger partial charge in [0.15, 0.2) is 5.96 Å². The molecule has 2 N–H and O–H groups in total. The molecular weight excluding hydrogens is 463 g/mol. The fourth-order valence-electron chi connectivity index (χ4n) is 3.27. The summed E-state index contributed by atoms with van der Waals surface area (Å²) in [4.78, 5) is 19.2. The highest BCUT2D eigenvalue weighted by Crippen LogP contribution is 2.18. The van der Waals surface area contributed by atoms with E-state index in [1.807, 2.05) is 30.0 Å². The molecule has 28 heavy (non-hydrogen) atoms. The molecule has 0 atom stereocenters. The van der Waals surface area contributed by atoms with Crippen molar-refractivity contribution in [2.45, 2.75) is 33.4 Å². The third kappa shape index (κ3) is 5.95. The lowest BCUT2D eigenvalue weighted by molar-refractivity contribution is -0.130. The van der Waals surface area contributed by atoms with Crippen LogP contribution in [0.2, 0.25) is 0 Å². The normalized spacial score (nSPS) is 13.4. The van der Waals surface area contributed by atoms with Gasteiger partial charge < -0.3 is 15.5 Å². The van der Waals surface area contributed by atoms with E-state index in [1.54, 1.807) is 0 Å². The van der Waals surface area contributed by atoms with E-state index in [4.69, 9.17) is 0 Å². The largest absolute Gasteiger partial charge is 0.357 e. The van der Waals surface area contributed by atoms with Gasteiger partial charge in [0, 0.05) is 19.6 Å². The third-order valence-electron chi connectivity index (χ3n) is 4.90. The van der Waals surface area contributed by atoms with Crippen LogP contribution in [-0.4, -0.2) is 36.4 Å². The molecule has 0 saturated heterocycles. The van der Waals surface area contributed by atoms with Crippen LogP contribution >= 0.6 is 24.0 Å². The molecule has 1 heterocycles. The molecule has 3 rings (SSSR count). The maximum absolute atomic E-state index is 12.6. The molecular formula is C22H29IN4O. The monoisotopic (exact) mass is 492 g/mol. The number of aliphatic imine (C=N–C) groups is 1. The molecule has 0 unspecified atom stereocenters. The van der Waals surface area contributed by atoms with Crippen molar-refractivity contribution in [3.63, 3.8) is 0 Å². The minimum absolute atomic E-state index is 0. The summed E-state index contributed by atoms with van der Waals surface area (Å²) in [5.41, 5.74) is 5.01. The number of fused-ring (bicyclic) bond motifs is 1. The Labute approximate surface area is 184 Å². The van der Waals surface area contributed by atoms with Crippen LogP contribution in [0.5, 0.6) is 0 Å². The minimum atomic E-state index is 0. The first kappa shape index (κ1) is 22.2. The quantitative estimate of drug-likeness (QED) is 0.383. The van der Waals surface area contributed by atoms with Crippen molar-refractivity contribution < 1.29 is 4.79 Å². The number of nitrogens with one attached hydrogen (secondary N) is 2. The van der Waals surface area contributed by atoms with Crippen LogP contribution in [0.3, 0.4) is 0 Å². The second-order valence-electron chi connectivity index (χ2n) is 6.81. The number of guanidine groups is 1. The Morgan fingerprint density at radius 3 is 2.54 bits per heavy atom. The number of benzene rings is 2. The van der Waals surface area contributed by atoms with Gasteiger partial charge in [-0.15, -0.1) is 24.0 Å². The summed E-state index contributed by atoms with van der Waals surface area (Å²) in [7, 11) is 0. The second-order valence-corrected chi connectivity index (χ2v) is 6.81. The number of rotatable bonds is 5. The lowest BCUT2D eigenvalue weighted by Gasteiger charge is -2.29. The SMILES string of the molecule is CCNC(=NCc1ccccc1C)NCC(=O)N1CCc2ccccc2C1.I. The molecule has 0 saturated carbocycles. The highest BCUT2D eigenvalue weighted by molar-refractivity contribution is 14.0. The van der Waals surface area contributed by atoms with Gasteiger partial charge in [-0.25, -0.2) is 4.99 Å². The Morgan fingerprint density at radius 1 is 1.07 bits per heavy atom. The summed E-state index contributed by atoms with van der Waals surface area (Å²) in [6.07, 6.45) is 0.920. The van der Waals surface area contributed by atoms with E-state index in [-0.39, 0.29) is 36.4 Å².